The van der Waals surface area contributed by atoms with Crippen LogP contribution in [0.3, 0.4) is 0 Å². The van der Waals surface area contributed by atoms with E-state index >= 15 is 0 Å². The van der Waals surface area contributed by atoms with Crippen molar-refractivity contribution in [2.24, 2.45) is 11.7 Å². The van der Waals surface area contributed by atoms with Crippen molar-refractivity contribution in [3.8, 4) is 11.1 Å². The summed E-state index contributed by atoms with van der Waals surface area (Å²) in [6.07, 6.45) is 1.32. The fourth-order valence-electron chi connectivity index (χ4n) is 2.94. The van der Waals surface area contributed by atoms with Crippen LogP contribution in [0.25, 0.3) is 11.1 Å². The molecule has 1 heterocycles. The first-order valence-corrected chi connectivity index (χ1v) is 7.23. The minimum absolute atomic E-state index is 0.0409. The Kier molecular flexibility index (Phi) is 3.60. The van der Waals surface area contributed by atoms with Gasteiger partial charge in [-0.05, 0) is 30.0 Å². The molecule has 3 aliphatic rings. The van der Waals surface area contributed by atoms with Gasteiger partial charge in [-0.3, -0.25) is 9.59 Å². The molecule has 0 saturated carbocycles. The van der Waals surface area contributed by atoms with Crippen molar-refractivity contribution >= 4 is 11.8 Å². The predicted octanol–water partition coefficient (Wildman–Crippen LogP) is 2.13. The van der Waals surface area contributed by atoms with Crippen molar-refractivity contribution in [3.05, 3.63) is 48.0 Å². The fraction of sp³-hybridized carbons (Fsp3) is 0.294. The molecule has 2 amide bonds. The first-order chi connectivity index (χ1) is 10.2. The van der Waals surface area contributed by atoms with Crippen molar-refractivity contribution in [1.82, 2.24) is 4.90 Å². The molecule has 2 aliphatic carbocycles. The van der Waals surface area contributed by atoms with Crippen LogP contribution in [-0.2, 0) is 4.79 Å². The lowest BCUT2D eigenvalue weighted by Crippen LogP contribution is -2.41. The number of hydrogen-bond donors (Lipinski definition) is 1. The van der Waals surface area contributed by atoms with Crippen LogP contribution in [0.15, 0.2) is 42.5 Å². The molecule has 4 nitrogen and oxygen atoms in total. The van der Waals surface area contributed by atoms with Gasteiger partial charge in [-0.25, -0.2) is 0 Å². The molecule has 0 unspecified atom stereocenters. The summed E-state index contributed by atoms with van der Waals surface area (Å²) < 4.78 is 0. The van der Waals surface area contributed by atoms with Crippen LogP contribution in [-0.4, -0.2) is 29.8 Å². The van der Waals surface area contributed by atoms with Gasteiger partial charge in [0.15, 0.2) is 0 Å². The van der Waals surface area contributed by atoms with Gasteiger partial charge in [0.05, 0.1) is 0 Å². The molecule has 3 rings (SSSR count). The molecule has 0 aromatic heterocycles. The molecule has 1 aliphatic heterocycles. The van der Waals surface area contributed by atoms with E-state index in [1.54, 1.807) is 0 Å². The molecule has 21 heavy (non-hydrogen) atoms. The second-order valence-corrected chi connectivity index (χ2v) is 5.50. The Balaban J connectivity index is 1.79. The average molecular weight is 282 g/mol. The Hall–Kier alpha value is -2.36. The zero-order valence-electron chi connectivity index (χ0n) is 11.8. The molecular formula is C17H18N2O2. The third kappa shape index (κ3) is 2.61. The second-order valence-electron chi connectivity index (χ2n) is 5.50. The number of fused-ring (bicyclic) bond motifs is 1. The Morgan fingerprint density at radius 1 is 1.00 bits per heavy atom. The summed E-state index contributed by atoms with van der Waals surface area (Å²) >= 11 is 0. The standard InChI is InChI=1S/C17H18N2O2/c18-16(20)13-8-10-19(11-9-13)17(21)15-7-6-12-4-2-1-3-5-14(12)15/h1-7,13H,8-11H2,(H2,18,20). The van der Waals surface area contributed by atoms with Gasteiger partial charge in [-0.1, -0.05) is 36.4 Å². The van der Waals surface area contributed by atoms with Crippen molar-refractivity contribution in [3.63, 3.8) is 0 Å². The van der Waals surface area contributed by atoms with E-state index in [0.717, 1.165) is 16.7 Å². The van der Waals surface area contributed by atoms with Crippen LogP contribution in [0.1, 0.15) is 23.2 Å². The summed E-state index contributed by atoms with van der Waals surface area (Å²) in [6.45, 7) is 1.19. The quantitative estimate of drug-likeness (QED) is 0.917. The molecule has 108 valence electrons. The van der Waals surface area contributed by atoms with E-state index in [1.165, 1.54) is 0 Å². The fourth-order valence-corrected chi connectivity index (χ4v) is 2.94. The molecule has 0 atom stereocenters. The van der Waals surface area contributed by atoms with Crippen molar-refractivity contribution in [2.75, 3.05) is 13.1 Å². The first-order valence-electron chi connectivity index (χ1n) is 7.23. The van der Waals surface area contributed by atoms with E-state index in [1.807, 2.05) is 47.4 Å². The highest BCUT2D eigenvalue weighted by Gasteiger charge is 2.27. The molecule has 0 aromatic carbocycles. The molecule has 4 heteroatoms. The number of likely N-dealkylation sites (tertiary alicyclic amines) is 1. The number of piperidine rings is 1. The lowest BCUT2D eigenvalue weighted by Gasteiger charge is -2.30. The van der Waals surface area contributed by atoms with E-state index in [4.69, 9.17) is 5.73 Å². The SMILES string of the molecule is NC(=O)C1CCN(C(=O)c2ccc3cccccc2-3)CC1. The molecule has 2 N–H and O–H groups in total. The summed E-state index contributed by atoms with van der Waals surface area (Å²) in [6, 6.07) is 13.7. The van der Waals surface area contributed by atoms with Gasteiger partial charge in [0, 0.05) is 24.6 Å². The maximum Gasteiger partial charge on any atom is 0.254 e. The number of hydrogen-bond acceptors (Lipinski definition) is 2. The molecule has 0 aromatic rings. The lowest BCUT2D eigenvalue weighted by molar-refractivity contribution is -0.123. The van der Waals surface area contributed by atoms with Gasteiger partial charge < -0.3 is 10.6 Å². The Morgan fingerprint density at radius 2 is 1.71 bits per heavy atom. The minimum Gasteiger partial charge on any atom is -0.369 e. The van der Waals surface area contributed by atoms with E-state index in [-0.39, 0.29) is 17.7 Å². The zero-order valence-corrected chi connectivity index (χ0v) is 11.8. The summed E-state index contributed by atoms with van der Waals surface area (Å²) in [4.78, 5) is 25.7. The minimum atomic E-state index is -0.257. The highest BCUT2D eigenvalue weighted by molar-refractivity contribution is 6.02. The number of primary amides is 1. The number of carbonyl (C=O) groups excluding carboxylic acids is 2. The van der Waals surface area contributed by atoms with Gasteiger partial charge in [-0.2, -0.15) is 0 Å². The van der Waals surface area contributed by atoms with Crippen LogP contribution in [0.2, 0.25) is 0 Å². The lowest BCUT2D eigenvalue weighted by atomic mass is 9.95. The van der Waals surface area contributed by atoms with Crippen LogP contribution in [0.4, 0.5) is 0 Å². The molecule has 1 saturated heterocycles. The number of rotatable bonds is 2. The Labute approximate surface area is 123 Å². The molecule has 0 bridgehead atoms. The van der Waals surface area contributed by atoms with Crippen LogP contribution in [0, 0.1) is 5.92 Å². The summed E-state index contributed by atoms with van der Waals surface area (Å²) in [7, 11) is 0. The highest BCUT2D eigenvalue weighted by Crippen LogP contribution is 2.29. The Bertz CT molecular complexity index is 645. The zero-order chi connectivity index (χ0) is 14.8. The van der Waals surface area contributed by atoms with Crippen LogP contribution in [0.5, 0.6) is 0 Å². The monoisotopic (exact) mass is 282 g/mol. The molecular weight excluding hydrogens is 264 g/mol. The summed E-state index contributed by atoms with van der Waals surface area (Å²) in [5.74, 6) is -0.310. The van der Waals surface area contributed by atoms with E-state index in [0.29, 0.717) is 25.9 Å². The van der Waals surface area contributed by atoms with Gasteiger partial charge in [0.1, 0.15) is 0 Å². The van der Waals surface area contributed by atoms with Gasteiger partial charge >= 0.3 is 0 Å². The highest BCUT2D eigenvalue weighted by atomic mass is 16.2. The second kappa shape index (κ2) is 5.56. The van der Waals surface area contributed by atoms with Gasteiger partial charge in [-0.15, -0.1) is 0 Å². The molecule has 1 fully saturated rings. The Morgan fingerprint density at radius 3 is 2.43 bits per heavy atom. The first kappa shape index (κ1) is 13.6. The third-order valence-electron chi connectivity index (χ3n) is 4.21. The molecule has 0 radical (unpaired) electrons. The number of carbonyl (C=O) groups is 2. The predicted molar refractivity (Wildman–Crippen MR) is 80.9 cm³/mol. The van der Waals surface area contributed by atoms with E-state index in [9.17, 15) is 9.59 Å². The number of nitrogens with two attached hydrogens (primary N) is 1. The normalized spacial score (nSPS) is 16.1. The van der Waals surface area contributed by atoms with Crippen molar-refractivity contribution in [1.29, 1.82) is 0 Å². The third-order valence-corrected chi connectivity index (χ3v) is 4.21. The summed E-state index contributed by atoms with van der Waals surface area (Å²) in [5, 5.41) is 0. The van der Waals surface area contributed by atoms with Crippen molar-refractivity contribution < 1.29 is 9.59 Å². The van der Waals surface area contributed by atoms with Crippen molar-refractivity contribution in [2.45, 2.75) is 12.8 Å². The van der Waals surface area contributed by atoms with E-state index in [2.05, 4.69) is 0 Å². The largest absolute Gasteiger partial charge is 0.369 e. The molecule has 0 spiro atoms. The van der Waals surface area contributed by atoms with Crippen LogP contribution < -0.4 is 5.73 Å². The number of nitrogens with zero attached hydrogens (tertiary/aromatic N) is 1. The van der Waals surface area contributed by atoms with Crippen LogP contribution >= 0.6 is 0 Å². The maximum atomic E-state index is 12.7. The maximum absolute atomic E-state index is 12.7. The average Bonchev–Trinajstić information content (AvgIpc) is 2.75. The smallest absolute Gasteiger partial charge is 0.254 e. The topological polar surface area (TPSA) is 63.4 Å². The number of amides is 2. The van der Waals surface area contributed by atoms with Gasteiger partial charge in [0.2, 0.25) is 5.91 Å². The summed E-state index contributed by atoms with van der Waals surface area (Å²) in [5.41, 5.74) is 8.10. The van der Waals surface area contributed by atoms with E-state index < -0.39 is 0 Å². The van der Waals surface area contributed by atoms with Gasteiger partial charge in [0.25, 0.3) is 5.91 Å².